The van der Waals surface area contributed by atoms with Crippen LogP contribution in [0.3, 0.4) is 0 Å². The number of hydrogen-bond acceptors (Lipinski definition) is 5. The van der Waals surface area contributed by atoms with Crippen LogP contribution < -0.4 is 19.5 Å². The van der Waals surface area contributed by atoms with Crippen molar-refractivity contribution >= 4 is 29.3 Å². The first kappa shape index (κ1) is 12.7. The van der Waals surface area contributed by atoms with Gasteiger partial charge >= 0.3 is 0 Å². The number of thiocarbonyl (C=S) groups is 1. The molecule has 6 nitrogen and oxygen atoms in total. The second-order valence-electron chi connectivity index (χ2n) is 4.30. The highest BCUT2D eigenvalue weighted by atomic mass is 32.1. The van der Waals surface area contributed by atoms with Gasteiger partial charge in [-0.3, -0.25) is 9.69 Å². The van der Waals surface area contributed by atoms with Crippen molar-refractivity contribution in [1.82, 2.24) is 10.2 Å². The first-order valence-corrected chi connectivity index (χ1v) is 6.29. The molecular formula is C13H12N2O4S. The number of amides is 1. The molecule has 0 aromatic heterocycles. The van der Waals surface area contributed by atoms with E-state index in [-0.39, 0.29) is 12.7 Å². The maximum Gasteiger partial charge on any atom is 0.276 e. The van der Waals surface area contributed by atoms with E-state index in [4.69, 9.17) is 26.4 Å². The Morgan fingerprint density at radius 2 is 2.10 bits per heavy atom. The van der Waals surface area contributed by atoms with E-state index in [1.54, 1.807) is 32.4 Å². The fourth-order valence-corrected chi connectivity index (χ4v) is 2.20. The first-order valence-electron chi connectivity index (χ1n) is 5.88. The molecule has 2 heterocycles. The Hall–Kier alpha value is -2.28. The summed E-state index contributed by atoms with van der Waals surface area (Å²) < 4.78 is 15.9. The third-order valence-electron chi connectivity index (χ3n) is 3.11. The number of carbonyl (C=O) groups excluding carboxylic acids is 1. The van der Waals surface area contributed by atoms with Gasteiger partial charge in [-0.05, 0) is 24.4 Å². The van der Waals surface area contributed by atoms with Crippen LogP contribution in [0.4, 0.5) is 0 Å². The lowest BCUT2D eigenvalue weighted by Crippen LogP contribution is -2.25. The molecule has 0 atom stereocenters. The van der Waals surface area contributed by atoms with Crippen LogP contribution in [0.25, 0.3) is 6.08 Å². The van der Waals surface area contributed by atoms with Gasteiger partial charge in [-0.2, -0.15) is 0 Å². The summed E-state index contributed by atoms with van der Waals surface area (Å²) in [6.07, 6.45) is 1.68. The average Bonchev–Trinajstić information content (AvgIpc) is 2.98. The minimum atomic E-state index is -0.185. The van der Waals surface area contributed by atoms with Crippen molar-refractivity contribution in [2.45, 2.75) is 0 Å². The van der Waals surface area contributed by atoms with Crippen molar-refractivity contribution in [1.29, 1.82) is 0 Å². The molecule has 7 heteroatoms. The summed E-state index contributed by atoms with van der Waals surface area (Å²) in [5.41, 5.74) is 1.11. The quantitative estimate of drug-likeness (QED) is 0.651. The summed E-state index contributed by atoms with van der Waals surface area (Å²) in [6.45, 7) is 0.183. The highest BCUT2D eigenvalue weighted by Gasteiger charge is 2.27. The molecule has 1 saturated heterocycles. The zero-order valence-corrected chi connectivity index (χ0v) is 11.7. The topological polar surface area (TPSA) is 60.0 Å². The Morgan fingerprint density at radius 1 is 1.40 bits per heavy atom. The molecule has 1 aromatic carbocycles. The van der Waals surface area contributed by atoms with Gasteiger partial charge in [-0.1, -0.05) is 0 Å². The number of nitrogens with zero attached hydrogens (tertiary/aromatic N) is 1. The standard InChI is InChI=1S/C13H12N2O4S/c1-15-12(16)8(14-13(15)20)3-7-4-10-11(19-6-18-10)5-9(7)17-2/h3-5H,6H2,1-2H3,(H,14,20)/b8-3+. The fourth-order valence-electron chi connectivity index (χ4n) is 2.01. The Bertz CT molecular complexity index is 642. The Balaban J connectivity index is 2.03. The number of methoxy groups -OCH3 is 1. The average molecular weight is 292 g/mol. The van der Waals surface area contributed by atoms with Gasteiger partial charge in [0.25, 0.3) is 5.91 Å². The summed E-state index contributed by atoms with van der Waals surface area (Å²) in [5, 5.41) is 3.24. The molecule has 1 N–H and O–H groups in total. The lowest BCUT2D eigenvalue weighted by molar-refractivity contribution is -0.121. The maximum absolute atomic E-state index is 12.0. The van der Waals surface area contributed by atoms with Crippen molar-refractivity contribution in [2.24, 2.45) is 0 Å². The summed E-state index contributed by atoms with van der Waals surface area (Å²) in [7, 11) is 3.18. The molecule has 0 spiro atoms. The Kier molecular flexibility index (Phi) is 2.98. The SMILES string of the molecule is COc1cc2c(cc1/C=C1/NC(=S)N(C)C1=O)OCO2. The van der Waals surface area contributed by atoms with Gasteiger partial charge in [0.1, 0.15) is 11.4 Å². The van der Waals surface area contributed by atoms with Crippen LogP contribution in [0.1, 0.15) is 5.56 Å². The molecule has 3 rings (SSSR count). The minimum Gasteiger partial charge on any atom is -0.496 e. The highest BCUT2D eigenvalue weighted by Crippen LogP contribution is 2.38. The number of rotatable bonds is 2. The van der Waals surface area contributed by atoms with Gasteiger partial charge in [0.05, 0.1) is 7.11 Å². The van der Waals surface area contributed by atoms with Crippen LogP contribution in [0.2, 0.25) is 0 Å². The Labute approximate surface area is 120 Å². The molecule has 0 bridgehead atoms. The van der Waals surface area contributed by atoms with Gasteiger partial charge in [0.2, 0.25) is 6.79 Å². The molecule has 1 aromatic rings. The van der Waals surface area contributed by atoms with E-state index in [0.29, 0.717) is 33.6 Å². The second-order valence-corrected chi connectivity index (χ2v) is 4.69. The predicted molar refractivity (Wildman–Crippen MR) is 75.6 cm³/mol. The van der Waals surface area contributed by atoms with E-state index >= 15 is 0 Å². The molecule has 0 unspecified atom stereocenters. The van der Waals surface area contributed by atoms with Crippen LogP contribution in [0, 0.1) is 0 Å². The molecule has 1 fully saturated rings. The van der Waals surface area contributed by atoms with Gasteiger partial charge in [0.15, 0.2) is 16.6 Å². The van der Waals surface area contributed by atoms with Crippen LogP contribution >= 0.6 is 12.2 Å². The maximum atomic E-state index is 12.0. The fraction of sp³-hybridized carbons (Fsp3) is 0.231. The van der Waals surface area contributed by atoms with Gasteiger partial charge in [-0.15, -0.1) is 0 Å². The second kappa shape index (κ2) is 4.68. The van der Waals surface area contributed by atoms with Gasteiger partial charge in [-0.25, -0.2) is 0 Å². The van der Waals surface area contributed by atoms with E-state index in [9.17, 15) is 4.79 Å². The lowest BCUT2D eigenvalue weighted by Gasteiger charge is -2.07. The van der Waals surface area contributed by atoms with Crippen LogP contribution in [-0.4, -0.2) is 36.9 Å². The van der Waals surface area contributed by atoms with Crippen LogP contribution in [0.15, 0.2) is 17.8 Å². The number of fused-ring (bicyclic) bond motifs is 1. The number of likely N-dealkylation sites (N-methyl/N-ethyl adjacent to an activating group) is 1. The van der Waals surface area contributed by atoms with Crippen molar-refractivity contribution in [3.8, 4) is 17.2 Å². The summed E-state index contributed by atoms with van der Waals surface area (Å²) in [6, 6.07) is 3.50. The third kappa shape index (κ3) is 1.96. The molecular weight excluding hydrogens is 280 g/mol. The van der Waals surface area contributed by atoms with Crippen LogP contribution in [0.5, 0.6) is 17.2 Å². The van der Waals surface area contributed by atoms with Gasteiger partial charge < -0.3 is 19.5 Å². The normalized spacial score (nSPS) is 18.7. The van der Waals surface area contributed by atoms with Crippen molar-refractivity contribution in [2.75, 3.05) is 21.0 Å². The van der Waals surface area contributed by atoms with E-state index in [1.165, 1.54) is 4.90 Å². The van der Waals surface area contributed by atoms with E-state index in [0.717, 1.165) is 0 Å². The number of carbonyl (C=O) groups is 1. The molecule has 104 valence electrons. The molecule has 1 amide bonds. The minimum absolute atomic E-state index is 0.183. The van der Waals surface area contributed by atoms with Crippen molar-refractivity contribution < 1.29 is 19.0 Å². The third-order valence-corrected chi connectivity index (χ3v) is 3.48. The number of nitrogens with one attached hydrogen (secondary N) is 1. The number of ether oxygens (including phenoxy) is 3. The number of benzene rings is 1. The van der Waals surface area contributed by atoms with E-state index in [1.807, 2.05) is 0 Å². The Morgan fingerprint density at radius 3 is 2.70 bits per heavy atom. The molecule has 0 aliphatic carbocycles. The molecule has 0 saturated carbocycles. The molecule has 2 aliphatic heterocycles. The first-order chi connectivity index (χ1) is 9.60. The van der Waals surface area contributed by atoms with E-state index < -0.39 is 0 Å². The molecule has 20 heavy (non-hydrogen) atoms. The van der Waals surface area contributed by atoms with Crippen LogP contribution in [-0.2, 0) is 4.79 Å². The lowest BCUT2D eigenvalue weighted by atomic mass is 10.1. The monoisotopic (exact) mass is 292 g/mol. The van der Waals surface area contributed by atoms with E-state index in [2.05, 4.69) is 5.32 Å². The predicted octanol–water partition coefficient (Wildman–Crippen LogP) is 1.11. The van der Waals surface area contributed by atoms with Gasteiger partial charge in [0, 0.05) is 18.7 Å². The molecule has 0 radical (unpaired) electrons. The number of hydrogen-bond donors (Lipinski definition) is 1. The zero-order chi connectivity index (χ0) is 14.3. The summed E-state index contributed by atoms with van der Waals surface area (Å²) in [4.78, 5) is 13.3. The van der Waals surface area contributed by atoms with Crippen molar-refractivity contribution in [3.05, 3.63) is 23.4 Å². The highest BCUT2D eigenvalue weighted by molar-refractivity contribution is 7.80. The smallest absolute Gasteiger partial charge is 0.276 e. The largest absolute Gasteiger partial charge is 0.496 e. The summed E-state index contributed by atoms with van der Waals surface area (Å²) >= 11 is 5.03. The zero-order valence-electron chi connectivity index (χ0n) is 10.9. The van der Waals surface area contributed by atoms with Crippen molar-refractivity contribution in [3.63, 3.8) is 0 Å². The summed E-state index contributed by atoms with van der Waals surface area (Å²) in [5.74, 6) is 1.66. The molecule has 2 aliphatic rings.